The first-order valence-electron chi connectivity index (χ1n) is 9.59. The lowest BCUT2D eigenvalue weighted by atomic mass is 9.78. The van der Waals surface area contributed by atoms with Gasteiger partial charge >= 0.3 is 5.97 Å². The Morgan fingerprint density at radius 1 is 1.29 bits per heavy atom. The summed E-state index contributed by atoms with van der Waals surface area (Å²) in [5.41, 5.74) is 0.228. The number of hydrogen-bond donors (Lipinski definition) is 1. The summed E-state index contributed by atoms with van der Waals surface area (Å²) in [4.78, 5) is 37.1. The zero-order valence-corrected chi connectivity index (χ0v) is 17.1. The molecule has 0 aliphatic heterocycles. The Morgan fingerprint density at radius 2 is 1.96 bits per heavy atom. The van der Waals surface area contributed by atoms with E-state index in [1.807, 2.05) is 0 Å². The summed E-state index contributed by atoms with van der Waals surface area (Å²) in [6, 6.07) is 4.19. The largest absolute Gasteiger partial charge is 0.449 e. The summed E-state index contributed by atoms with van der Waals surface area (Å²) in [6.45, 7) is 5.81. The Morgan fingerprint density at radius 3 is 2.57 bits per heavy atom. The number of nitro benzene ring substituents is 1. The highest BCUT2D eigenvalue weighted by molar-refractivity contribution is 5.93. The minimum absolute atomic E-state index is 0.0385. The molecule has 1 saturated carbocycles. The molecule has 28 heavy (non-hydrogen) atoms. The van der Waals surface area contributed by atoms with Crippen LogP contribution in [0.2, 0.25) is 0 Å². The van der Waals surface area contributed by atoms with Crippen LogP contribution in [0.5, 0.6) is 0 Å². The summed E-state index contributed by atoms with van der Waals surface area (Å²) in [5, 5.41) is 14.3. The third-order valence-corrected chi connectivity index (χ3v) is 5.58. The quantitative estimate of drug-likeness (QED) is 0.454. The Balaban J connectivity index is 2.04. The molecule has 1 aliphatic rings. The van der Waals surface area contributed by atoms with Gasteiger partial charge in [0, 0.05) is 26.2 Å². The van der Waals surface area contributed by atoms with E-state index >= 15 is 0 Å². The lowest BCUT2D eigenvalue weighted by Gasteiger charge is -2.35. The molecule has 0 aromatic heterocycles. The van der Waals surface area contributed by atoms with Gasteiger partial charge in [0.2, 0.25) is 0 Å². The molecule has 1 amide bonds. The van der Waals surface area contributed by atoms with Crippen LogP contribution < -0.4 is 10.2 Å². The monoisotopic (exact) mass is 391 g/mol. The molecule has 8 nitrogen and oxygen atoms in total. The molecule has 0 spiro atoms. The highest BCUT2D eigenvalue weighted by atomic mass is 16.6. The van der Waals surface area contributed by atoms with Crippen molar-refractivity contribution in [2.45, 2.75) is 52.2 Å². The number of rotatable bonds is 6. The number of nitrogens with one attached hydrogen (secondary N) is 1. The second-order valence-corrected chi connectivity index (χ2v) is 7.78. The van der Waals surface area contributed by atoms with Crippen LogP contribution in [0, 0.1) is 22.0 Å². The fourth-order valence-corrected chi connectivity index (χ4v) is 3.54. The van der Waals surface area contributed by atoms with Gasteiger partial charge in [-0.3, -0.25) is 14.9 Å². The molecule has 1 aliphatic carbocycles. The maximum absolute atomic E-state index is 12.4. The predicted octanol–water partition coefficient (Wildman–Crippen LogP) is 3.15. The van der Waals surface area contributed by atoms with E-state index in [0.717, 1.165) is 19.3 Å². The number of carbonyl (C=O) groups excluding carboxylic acids is 2. The van der Waals surface area contributed by atoms with Crippen molar-refractivity contribution in [1.29, 1.82) is 0 Å². The van der Waals surface area contributed by atoms with Crippen LogP contribution >= 0.6 is 0 Å². The molecule has 1 aromatic carbocycles. The van der Waals surface area contributed by atoms with E-state index < -0.39 is 17.0 Å². The normalized spacial score (nSPS) is 22.8. The van der Waals surface area contributed by atoms with Crippen LogP contribution in [0.4, 0.5) is 11.4 Å². The minimum atomic E-state index is -0.982. The second-order valence-electron chi connectivity index (χ2n) is 7.78. The van der Waals surface area contributed by atoms with E-state index in [1.165, 1.54) is 25.1 Å². The zero-order valence-electron chi connectivity index (χ0n) is 17.1. The summed E-state index contributed by atoms with van der Waals surface area (Å²) in [6.07, 6.45) is 2.15. The average molecular weight is 391 g/mol. The zero-order chi connectivity index (χ0) is 21.0. The molecular formula is C20H29N3O5. The fourth-order valence-electron chi connectivity index (χ4n) is 3.54. The van der Waals surface area contributed by atoms with Gasteiger partial charge in [0.25, 0.3) is 11.6 Å². The molecule has 1 aromatic rings. The number of anilines is 1. The third-order valence-electron chi connectivity index (χ3n) is 5.58. The molecule has 1 fully saturated rings. The van der Waals surface area contributed by atoms with Crippen LogP contribution in [-0.4, -0.2) is 43.0 Å². The van der Waals surface area contributed by atoms with Gasteiger partial charge in [0.05, 0.1) is 10.5 Å². The first kappa shape index (κ1) is 21.7. The maximum atomic E-state index is 12.4. The summed E-state index contributed by atoms with van der Waals surface area (Å²) < 4.78 is 5.25. The summed E-state index contributed by atoms with van der Waals surface area (Å²) in [7, 11) is 3.36. The van der Waals surface area contributed by atoms with Crippen molar-refractivity contribution >= 4 is 23.3 Å². The Bertz CT molecular complexity index is 749. The van der Waals surface area contributed by atoms with Gasteiger partial charge in [0.15, 0.2) is 6.10 Å². The first-order chi connectivity index (χ1) is 13.1. The molecule has 0 bridgehead atoms. The number of nitrogens with zero attached hydrogens (tertiary/aromatic N) is 2. The molecule has 1 N–H and O–H groups in total. The van der Waals surface area contributed by atoms with Gasteiger partial charge in [-0.2, -0.15) is 0 Å². The lowest BCUT2D eigenvalue weighted by molar-refractivity contribution is -0.384. The highest BCUT2D eigenvalue weighted by Crippen LogP contribution is 2.30. The van der Waals surface area contributed by atoms with E-state index in [4.69, 9.17) is 4.74 Å². The predicted molar refractivity (Wildman–Crippen MR) is 106 cm³/mol. The Kier molecular flexibility index (Phi) is 6.99. The second kappa shape index (κ2) is 9.03. The Hall–Kier alpha value is -2.64. The van der Waals surface area contributed by atoms with Crippen molar-refractivity contribution < 1.29 is 19.2 Å². The number of hydrogen-bond acceptors (Lipinski definition) is 6. The van der Waals surface area contributed by atoms with Crippen LogP contribution in [-0.2, 0) is 9.53 Å². The number of ether oxygens (including phenoxy) is 1. The van der Waals surface area contributed by atoms with E-state index in [9.17, 15) is 19.7 Å². The number of benzene rings is 1. The van der Waals surface area contributed by atoms with Crippen molar-refractivity contribution in [3.63, 3.8) is 0 Å². The van der Waals surface area contributed by atoms with E-state index in [0.29, 0.717) is 17.5 Å². The third kappa shape index (κ3) is 4.99. The van der Waals surface area contributed by atoms with Crippen molar-refractivity contribution in [3.8, 4) is 0 Å². The Labute approximate surface area is 165 Å². The highest BCUT2D eigenvalue weighted by Gasteiger charge is 2.30. The number of carbonyl (C=O) groups is 2. The first-order valence-corrected chi connectivity index (χ1v) is 9.59. The summed E-state index contributed by atoms with van der Waals surface area (Å²) in [5.74, 6) is -0.214. The molecular weight excluding hydrogens is 362 g/mol. The smallest absolute Gasteiger partial charge is 0.339 e. The average Bonchev–Trinajstić information content (AvgIpc) is 2.64. The number of amides is 1. The summed E-state index contributed by atoms with van der Waals surface area (Å²) >= 11 is 0. The maximum Gasteiger partial charge on any atom is 0.339 e. The van der Waals surface area contributed by atoms with Gasteiger partial charge in [0.1, 0.15) is 5.69 Å². The fraction of sp³-hybridized carbons (Fsp3) is 0.600. The lowest BCUT2D eigenvalue weighted by Crippen LogP contribution is -2.47. The van der Waals surface area contributed by atoms with E-state index in [-0.39, 0.29) is 23.2 Å². The van der Waals surface area contributed by atoms with Crippen LogP contribution in [0.15, 0.2) is 18.2 Å². The molecule has 0 saturated heterocycles. The van der Waals surface area contributed by atoms with Crippen molar-refractivity contribution in [3.05, 3.63) is 33.9 Å². The van der Waals surface area contributed by atoms with Gasteiger partial charge in [-0.1, -0.05) is 26.7 Å². The SMILES string of the molecule is C[C@@H]1[C@@H](C)CCC[C@H]1NC(=O)[C@@H](C)OC(=O)c1ccc(N(C)C)c([N+](=O)[O-])c1. The molecule has 0 unspecified atom stereocenters. The van der Waals surface area contributed by atoms with Gasteiger partial charge in [-0.15, -0.1) is 0 Å². The number of nitro groups is 1. The molecule has 154 valence electrons. The van der Waals surface area contributed by atoms with Gasteiger partial charge in [-0.05, 0) is 37.3 Å². The van der Waals surface area contributed by atoms with Gasteiger partial charge in [-0.25, -0.2) is 4.79 Å². The van der Waals surface area contributed by atoms with Crippen LogP contribution in [0.3, 0.4) is 0 Å². The van der Waals surface area contributed by atoms with Crippen molar-refractivity contribution in [1.82, 2.24) is 5.32 Å². The molecule has 0 radical (unpaired) electrons. The standard InChI is InChI=1S/C20H29N3O5/c1-12-7-6-8-16(13(12)2)21-19(24)14(3)28-20(25)15-9-10-17(22(4)5)18(11-15)23(26)27/h9-14,16H,6-8H2,1-5H3,(H,21,24)/t12-,13+,14+,16+/m0/s1. The number of esters is 1. The van der Waals surface area contributed by atoms with Crippen molar-refractivity contribution in [2.75, 3.05) is 19.0 Å². The molecule has 0 heterocycles. The van der Waals surface area contributed by atoms with Crippen LogP contribution in [0.1, 0.15) is 50.4 Å². The molecule has 2 rings (SSSR count). The minimum Gasteiger partial charge on any atom is -0.449 e. The van der Waals surface area contributed by atoms with Crippen LogP contribution in [0.25, 0.3) is 0 Å². The van der Waals surface area contributed by atoms with Crippen molar-refractivity contribution in [2.24, 2.45) is 11.8 Å². The van der Waals surface area contributed by atoms with E-state index in [1.54, 1.807) is 19.0 Å². The molecule has 4 atom stereocenters. The topological polar surface area (TPSA) is 102 Å². The van der Waals surface area contributed by atoms with Gasteiger partial charge < -0.3 is 15.0 Å². The molecule has 8 heteroatoms. The van der Waals surface area contributed by atoms with E-state index in [2.05, 4.69) is 19.2 Å².